The molecule has 0 spiro atoms. The van der Waals surface area contributed by atoms with E-state index in [0.29, 0.717) is 47.6 Å². The molecule has 212 valence electrons. The molecular formula is C29H36ClN7O3. The molecule has 11 heteroatoms. The van der Waals surface area contributed by atoms with Crippen molar-refractivity contribution in [1.82, 2.24) is 30.2 Å². The number of benzene rings is 1. The molecule has 4 heterocycles. The standard InChI is InChI=1S/C29H36ClN7O3/c1-15(2)37-25-13-36(12-23(25)17(4)34-37)29-16(3)27(26-18(5)35-40-19(26)6)32-28(33-29)22-10-21(8-9-24(22)30)39-14-20(38)11-31-7/h8-10,15,20,31,38H,11-14H2,1-7H3/t20-/m1/s1. The van der Waals surface area contributed by atoms with E-state index in [4.69, 9.17) is 35.9 Å². The van der Waals surface area contributed by atoms with Crippen LogP contribution in [-0.2, 0) is 13.1 Å². The normalized spacial score (nSPS) is 13.8. The van der Waals surface area contributed by atoms with Crippen molar-refractivity contribution in [3.8, 4) is 28.4 Å². The third kappa shape index (κ3) is 5.18. The lowest BCUT2D eigenvalue weighted by molar-refractivity contribution is 0.108. The van der Waals surface area contributed by atoms with Gasteiger partial charge in [-0.25, -0.2) is 9.97 Å². The van der Waals surface area contributed by atoms with Crippen LogP contribution in [0, 0.1) is 27.7 Å². The maximum atomic E-state index is 10.1. The second-order valence-electron chi connectivity index (χ2n) is 10.6. The number of fused-ring (bicyclic) bond motifs is 1. The van der Waals surface area contributed by atoms with Crippen LogP contribution in [0.4, 0.5) is 5.82 Å². The van der Waals surface area contributed by atoms with Crippen LogP contribution in [0.5, 0.6) is 5.75 Å². The van der Waals surface area contributed by atoms with Crippen molar-refractivity contribution in [2.24, 2.45) is 0 Å². The third-order valence-corrected chi connectivity index (χ3v) is 7.58. The number of ether oxygens (including phenoxy) is 1. The van der Waals surface area contributed by atoms with Gasteiger partial charge in [-0.1, -0.05) is 16.8 Å². The largest absolute Gasteiger partial charge is 0.491 e. The van der Waals surface area contributed by atoms with Crippen LogP contribution in [0.2, 0.25) is 5.02 Å². The number of aromatic nitrogens is 5. The van der Waals surface area contributed by atoms with Crippen molar-refractivity contribution in [3.05, 3.63) is 57.2 Å². The smallest absolute Gasteiger partial charge is 0.163 e. The Hall–Kier alpha value is -3.47. The SMILES string of the molecule is CNC[C@@H](O)COc1ccc(Cl)c(-c2nc(-c3c(C)noc3C)c(C)c(N3Cc4c(C)nn(C(C)C)c4C3)n2)c1. The molecule has 0 aliphatic carbocycles. The van der Waals surface area contributed by atoms with Gasteiger partial charge >= 0.3 is 0 Å². The predicted molar refractivity (Wildman–Crippen MR) is 155 cm³/mol. The molecule has 40 heavy (non-hydrogen) atoms. The van der Waals surface area contributed by atoms with Crippen molar-refractivity contribution in [2.75, 3.05) is 25.1 Å². The Kier molecular flexibility index (Phi) is 7.85. The molecule has 0 bridgehead atoms. The molecule has 5 rings (SSSR count). The molecule has 3 aromatic heterocycles. The summed E-state index contributed by atoms with van der Waals surface area (Å²) in [4.78, 5) is 12.4. The Labute approximate surface area is 239 Å². The zero-order valence-electron chi connectivity index (χ0n) is 24.0. The zero-order valence-corrected chi connectivity index (χ0v) is 24.8. The molecule has 0 unspecified atom stereocenters. The fraction of sp³-hybridized carbons (Fsp3) is 0.448. The molecular weight excluding hydrogens is 530 g/mol. The molecule has 0 saturated heterocycles. The Bertz CT molecular complexity index is 1530. The first kappa shape index (κ1) is 28.1. The topological polar surface area (TPSA) is 114 Å². The van der Waals surface area contributed by atoms with Gasteiger partial charge in [0.1, 0.15) is 30.0 Å². The van der Waals surface area contributed by atoms with Crippen LogP contribution in [0.3, 0.4) is 0 Å². The van der Waals surface area contributed by atoms with Gasteiger partial charge < -0.3 is 24.6 Å². The van der Waals surface area contributed by atoms with E-state index < -0.39 is 6.10 Å². The highest BCUT2D eigenvalue weighted by Crippen LogP contribution is 2.39. The molecule has 0 amide bonds. The number of aliphatic hydroxyl groups excluding tert-OH is 1. The van der Waals surface area contributed by atoms with E-state index in [1.165, 1.54) is 11.3 Å². The lowest BCUT2D eigenvalue weighted by Gasteiger charge is -2.23. The molecule has 4 aromatic rings. The predicted octanol–water partition coefficient (Wildman–Crippen LogP) is 4.94. The number of aryl methyl sites for hydroxylation is 3. The van der Waals surface area contributed by atoms with Crippen molar-refractivity contribution in [1.29, 1.82) is 0 Å². The maximum Gasteiger partial charge on any atom is 0.163 e. The molecule has 1 aromatic carbocycles. The second kappa shape index (κ2) is 11.2. The average molecular weight is 566 g/mol. The highest BCUT2D eigenvalue weighted by molar-refractivity contribution is 6.33. The van der Waals surface area contributed by atoms with Gasteiger partial charge in [-0.2, -0.15) is 5.10 Å². The van der Waals surface area contributed by atoms with Gasteiger partial charge in [-0.15, -0.1) is 0 Å². The number of hydrogen-bond donors (Lipinski definition) is 2. The van der Waals surface area contributed by atoms with Crippen molar-refractivity contribution in [2.45, 2.75) is 66.8 Å². The molecule has 10 nitrogen and oxygen atoms in total. The zero-order chi connectivity index (χ0) is 28.7. The van der Waals surface area contributed by atoms with E-state index in [1.54, 1.807) is 19.2 Å². The Morgan fingerprint density at radius 3 is 2.58 bits per heavy atom. The van der Waals surface area contributed by atoms with Crippen molar-refractivity contribution in [3.63, 3.8) is 0 Å². The van der Waals surface area contributed by atoms with Crippen LogP contribution in [-0.4, -0.2) is 56.3 Å². The Morgan fingerprint density at radius 2 is 1.90 bits per heavy atom. The van der Waals surface area contributed by atoms with E-state index in [9.17, 15) is 5.11 Å². The van der Waals surface area contributed by atoms with Crippen LogP contribution in [0.25, 0.3) is 22.6 Å². The Morgan fingerprint density at radius 1 is 1.12 bits per heavy atom. The van der Waals surface area contributed by atoms with Gasteiger partial charge in [-0.3, -0.25) is 4.68 Å². The highest BCUT2D eigenvalue weighted by Gasteiger charge is 2.31. The summed E-state index contributed by atoms with van der Waals surface area (Å²) in [5, 5.41) is 22.5. The number of nitrogens with zero attached hydrogens (tertiary/aromatic N) is 6. The first-order valence-electron chi connectivity index (χ1n) is 13.5. The summed E-state index contributed by atoms with van der Waals surface area (Å²) in [6.45, 7) is 14.2. The summed E-state index contributed by atoms with van der Waals surface area (Å²) in [6, 6.07) is 5.62. The summed E-state index contributed by atoms with van der Waals surface area (Å²) in [5.41, 5.74) is 7.41. The van der Waals surface area contributed by atoms with Crippen molar-refractivity contribution < 1.29 is 14.4 Å². The molecule has 2 N–H and O–H groups in total. The molecule has 1 aliphatic heterocycles. The number of likely N-dealkylation sites (N-methyl/N-ethyl adjacent to an activating group) is 1. The molecule has 0 fully saturated rings. The van der Waals surface area contributed by atoms with Gasteiger partial charge in [-0.05, 0) is 66.8 Å². The summed E-state index contributed by atoms with van der Waals surface area (Å²) in [6.07, 6.45) is -0.639. The minimum atomic E-state index is -0.639. The number of anilines is 1. The first-order chi connectivity index (χ1) is 19.1. The van der Waals surface area contributed by atoms with Gasteiger partial charge in [0, 0.05) is 35.8 Å². The van der Waals surface area contributed by atoms with E-state index in [0.717, 1.165) is 34.0 Å². The van der Waals surface area contributed by atoms with Crippen LogP contribution >= 0.6 is 11.6 Å². The molecule has 0 radical (unpaired) electrons. The fourth-order valence-corrected chi connectivity index (χ4v) is 5.46. The highest BCUT2D eigenvalue weighted by atomic mass is 35.5. The van der Waals surface area contributed by atoms with Crippen molar-refractivity contribution >= 4 is 17.4 Å². The first-order valence-corrected chi connectivity index (χ1v) is 13.9. The van der Waals surface area contributed by atoms with Crippen LogP contribution in [0.1, 0.15) is 53.9 Å². The lowest BCUT2D eigenvalue weighted by atomic mass is 10.0. The summed E-state index contributed by atoms with van der Waals surface area (Å²) >= 11 is 6.72. The number of aliphatic hydroxyl groups is 1. The van der Waals surface area contributed by atoms with Gasteiger partial charge in [0.2, 0.25) is 0 Å². The van der Waals surface area contributed by atoms with Crippen LogP contribution < -0.4 is 15.0 Å². The average Bonchev–Trinajstić information content (AvgIpc) is 3.58. The quantitative estimate of drug-likeness (QED) is 0.291. The molecule has 1 aliphatic rings. The fourth-order valence-electron chi connectivity index (χ4n) is 5.26. The van der Waals surface area contributed by atoms with Gasteiger partial charge in [0.05, 0.1) is 39.9 Å². The minimum absolute atomic E-state index is 0.143. The third-order valence-electron chi connectivity index (χ3n) is 7.25. The minimum Gasteiger partial charge on any atom is -0.491 e. The number of hydrogen-bond acceptors (Lipinski definition) is 9. The van der Waals surface area contributed by atoms with E-state index >= 15 is 0 Å². The van der Waals surface area contributed by atoms with E-state index in [1.807, 2.05) is 26.8 Å². The number of rotatable bonds is 9. The lowest BCUT2D eigenvalue weighted by Crippen LogP contribution is -2.29. The second-order valence-corrected chi connectivity index (χ2v) is 11.0. The van der Waals surface area contributed by atoms with E-state index in [-0.39, 0.29) is 12.6 Å². The molecule has 0 saturated carbocycles. The number of nitrogens with one attached hydrogen (secondary N) is 1. The Balaban J connectivity index is 1.61. The maximum absolute atomic E-state index is 10.1. The summed E-state index contributed by atoms with van der Waals surface area (Å²) < 4.78 is 13.5. The molecule has 1 atom stereocenters. The van der Waals surface area contributed by atoms with Gasteiger partial charge in [0.15, 0.2) is 5.82 Å². The summed E-state index contributed by atoms with van der Waals surface area (Å²) in [7, 11) is 1.78. The van der Waals surface area contributed by atoms with E-state index in [2.05, 4.69) is 40.8 Å². The summed E-state index contributed by atoms with van der Waals surface area (Å²) in [5.74, 6) is 2.55. The van der Waals surface area contributed by atoms with Crippen LogP contribution in [0.15, 0.2) is 22.7 Å². The monoisotopic (exact) mass is 565 g/mol. The van der Waals surface area contributed by atoms with Gasteiger partial charge in [0.25, 0.3) is 0 Å². The number of halogens is 1.